The van der Waals surface area contributed by atoms with E-state index in [1.165, 1.54) is 0 Å². The summed E-state index contributed by atoms with van der Waals surface area (Å²) in [5.74, 6) is -3.66. The molecule has 0 aliphatic rings. The van der Waals surface area contributed by atoms with E-state index >= 15 is 0 Å². The van der Waals surface area contributed by atoms with Crippen LogP contribution in [0.15, 0.2) is 54.6 Å². The molecule has 2 aromatic rings. The molecule has 6 nitrogen and oxygen atoms in total. The maximum absolute atomic E-state index is 12.3. The number of carbonyl (C=O) groups is 3. The van der Waals surface area contributed by atoms with Gasteiger partial charge in [-0.1, -0.05) is 68.4 Å². The molecule has 154 valence electrons. The number of carboxylic acid groups (broad SMARTS) is 2. The average Bonchev–Trinajstić information content (AvgIpc) is 2.68. The van der Waals surface area contributed by atoms with Gasteiger partial charge in [0.15, 0.2) is 0 Å². The van der Waals surface area contributed by atoms with Crippen molar-refractivity contribution in [2.45, 2.75) is 39.2 Å². The Hall–Kier alpha value is -3.15. The van der Waals surface area contributed by atoms with Crippen LogP contribution in [0, 0.1) is 11.8 Å². The van der Waals surface area contributed by atoms with Gasteiger partial charge in [0.25, 0.3) is 0 Å². The van der Waals surface area contributed by atoms with E-state index < -0.39 is 29.8 Å². The summed E-state index contributed by atoms with van der Waals surface area (Å²) in [6.45, 7) is 3.15. The summed E-state index contributed by atoms with van der Waals surface area (Å²) in [7, 11) is 0. The van der Waals surface area contributed by atoms with Crippen molar-refractivity contribution in [1.29, 1.82) is 0 Å². The Morgan fingerprint density at radius 1 is 0.862 bits per heavy atom. The fourth-order valence-corrected chi connectivity index (χ4v) is 3.17. The SMILES string of the molecule is CC(CC(=O)O)C(=O)N[C@H](Cc1ccc(-c2ccccc2)cc1)C[C@@H](C)C(=O)O. The Balaban J connectivity index is 2.10. The third-order valence-corrected chi connectivity index (χ3v) is 4.88. The molecule has 3 N–H and O–H groups in total. The highest BCUT2D eigenvalue weighted by atomic mass is 16.4. The maximum atomic E-state index is 12.3. The van der Waals surface area contributed by atoms with Gasteiger partial charge in [-0.3, -0.25) is 14.4 Å². The van der Waals surface area contributed by atoms with E-state index in [-0.39, 0.29) is 18.7 Å². The molecule has 0 spiro atoms. The fraction of sp³-hybridized carbons (Fsp3) is 0.348. The molecule has 29 heavy (non-hydrogen) atoms. The summed E-state index contributed by atoms with van der Waals surface area (Å²) < 4.78 is 0. The molecule has 0 aliphatic carbocycles. The van der Waals surface area contributed by atoms with Gasteiger partial charge in [0, 0.05) is 12.0 Å². The summed E-state index contributed by atoms with van der Waals surface area (Å²) in [6, 6.07) is 17.5. The van der Waals surface area contributed by atoms with E-state index in [4.69, 9.17) is 5.11 Å². The molecular formula is C23H27NO5. The zero-order chi connectivity index (χ0) is 21.4. The lowest BCUT2D eigenvalue weighted by molar-refractivity contribution is -0.142. The number of benzene rings is 2. The second-order valence-corrected chi connectivity index (χ2v) is 7.45. The number of carbonyl (C=O) groups excluding carboxylic acids is 1. The van der Waals surface area contributed by atoms with Gasteiger partial charge in [-0.15, -0.1) is 0 Å². The van der Waals surface area contributed by atoms with Crippen LogP contribution in [-0.2, 0) is 20.8 Å². The molecule has 0 bridgehead atoms. The number of nitrogens with one attached hydrogen (secondary N) is 1. The van der Waals surface area contributed by atoms with Crippen LogP contribution in [0.4, 0.5) is 0 Å². The Labute approximate surface area is 170 Å². The predicted octanol–water partition coefficient (Wildman–Crippen LogP) is 3.60. The number of rotatable bonds is 10. The normalized spacial score (nSPS) is 13.9. The topological polar surface area (TPSA) is 104 Å². The first-order chi connectivity index (χ1) is 13.8. The highest BCUT2D eigenvalue weighted by Crippen LogP contribution is 2.21. The van der Waals surface area contributed by atoms with E-state index in [2.05, 4.69) is 5.32 Å². The summed E-state index contributed by atoms with van der Waals surface area (Å²) in [5.41, 5.74) is 3.15. The van der Waals surface area contributed by atoms with Crippen LogP contribution in [0.3, 0.4) is 0 Å². The van der Waals surface area contributed by atoms with E-state index in [1.807, 2.05) is 54.6 Å². The third-order valence-electron chi connectivity index (χ3n) is 4.88. The van der Waals surface area contributed by atoms with Crippen molar-refractivity contribution in [2.75, 3.05) is 0 Å². The van der Waals surface area contributed by atoms with Crippen LogP contribution in [0.1, 0.15) is 32.3 Å². The van der Waals surface area contributed by atoms with Crippen molar-refractivity contribution in [3.63, 3.8) is 0 Å². The van der Waals surface area contributed by atoms with Crippen LogP contribution in [0.25, 0.3) is 11.1 Å². The molecule has 2 aromatic carbocycles. The van der Waals surface area contributed by atoms with Crippen molar-refractivity contribution in [3.05, 3.63) is 60.2 Å². The molecule has 3 atom stereocenters. The summed E-state index contributed by atoms with van der Waals surface area (Å²) in [5, 5.41) is 21.0. The molecule has 6 heteroatoms. The average molecular weight is 397 g/mol. The van der Waals surface area contributed by atoms with Crippen LogP contribution >= 0.6 is 0 Å². The number of aliphatic carboxylic acids is 2. The van der Waals surface area contributed by atoms with Crippen molar-refractivity contribution >= 4 is 17.8 Å². The van der Waals surface area contributed by atoms with Gasteiger partial charge in [-0.25, -0.2) is 0 Å². The number of amides is 1. The van der Waals surface area contributed by atoms with Crippen LogP contribution < -0.4 is 5.32 Å². The van der Waals surface area contributed by atoms with Crippen LogP contribution in [0.2, 0.25) is 0 Å². The van der Waals surface area contributed by atoms with Gasteiger partial charge < -0.3 is 15.5 Å². The minimum absolute atomic E-state index is 0.265. The first-order valence-electron chi connectivity index (χ1n) is 9.65. The fourth-order valence-electron chi connectivity index (χ4n) is 3.17. The van der Waals surface area contributed by atoms with Gasteiger partial charge >= 0.3 is 11.9 Å². The first-order valence-corrected chi connectivity index (χ1v) is 9.65. The second kappa shape index (κ2) is 10.4. The lowest BCUT2D eigenvalue weighted by Gasteiger charge is -2.22. The molecule has 0 aromatic heterocycles. The Morgan fingerprint density at radius 2 is 1.45 bits per heavy atom. The van der Waals surface area contributed by atoms with E-state index in [0.29, 0.717) is 6.42 Å². The molecular weight excluding hydrogens is 370 g/mol. The zero-order valence-corrected chi connectivity index (χ0v) is 16.7. The third kappa shape index (κ3) is 7.07. The lowest BCUT2D eigenvalue weighted by Crippen LogP contribution is -2.41. The quantitative estimate of drug-likeness (QED) is 0.568. The first kappa shape index (κ1) is 22.1. The van der Waals surface area contributed by atoms with Crippen molar-refractivity contribution in [3.8, 4) is 11.1 Å². The van der Waals surface area contributed by atoms with Crippen molar-refractivity contribution in [1.82, 2.24) is 5.32 Å². The Bertz CT molecular complexity index is 832. The summed E-state index contributed by atoms with van der Waals surface area (Å²) >= 11 is 0. The Kier molecular flexibility index (Phi) is 7.95. The lowest BCUT2D eigenvalue weighted by atomic mass is 9.94. The van der Waals surface area contributed by atoms with Gasteiger partial charge in [0.05, 0.1) is 12.3 Å². The molecule has 0 radical (unpaired) electrons. The van der Waals surface area contributed by atoms with E-state index in [9.17, 15) is 19.5 Å². The van der Waals surface area contributed by atoms with Gasteiger partial charge in [-0.2, -0.15) is 0 Å². The standard InChI is InChI=1S/C23H27NO5/c1-15(13-21(25)26)22(27)24-20(12-16(2)23(28)29)14-17-8-10-19(11-9-17)18-6-4-3-5-7-18/h3-11,15-16,20H,12-14H2,1-2H3,(H,24,27)(H,25,26)(H,28,29)/t15?,16-,20+/m1/s1. The van der Waals surface area contributed by atoms with Gasteiger partial charge in [-0.05, 0) is 29.5 Å². The molecule has 0 saturated carbocycles. The zero-order valence-electron chi connectivity index (χ0n) is 16.7. The summed E-state index contributed by atoms with van der Waals surface area (Å²) in [4.78, 5) is 34.5. The van der Waals surface area contributed by atoms with E-state index in [1.54, 1.807) is 13.8 Å². The minimum atomic E-state index is -1.04. The highest BCUT2D eigenvalue weighted by Gasteiger charge is 2.23. The molecule has 1 unspecified atom stereocenters. The highest BCUT2D eigenvalue weighted by molar-refractivity contribution is 5.83. The molecule has 0 aliphatic heterocycles. The molecule has 2 rings (SSSR count). The van der Waals surface area contributed by atoms with Gasteiger partial charge in [0.2, 0.25) is 5.91 Å². The minimum Gasteiger partial charge on any atom is -0.481 e. The molecule has 1 amide bonds. The number of carboxylic acids is 2. The largest absolute Gasteiger partial charge is 0.481 e. The number of hydrogen-bond acceptors (Lipinski definition) is 3. The molecule has 0 fully saturated rings. The summed E-state index contributed by atoms with van der Waals surface area (Å²) in [6.07, 6.45) is 0.471. The predicted molar refractivity (Wildman–Crippen MR) is 110 cm³/mol. The van der Waals surface area contributed by atoms with Crippen molar-refractivity contribution < 1.29 is 24.6 Å². The van der Waals surface area contributed by atoms with Gasteiger partial charge in [0.1, 0.15) is 0 Å². The van der Waals surface area contributed by atoms with Crippen molar-refractivity contribution in [2.24, 2.45) is 11.8 Å². The molecule has 0 saturated heterocycles. The number of hydrogen-bond donors (Lipinski definition) is 3. The second-order valence-electron chi connectivity index (χ2n) is 7.45. The van der Waals surface area contributed by atoms with Crippen LogP contribution in [0.5, 0.6) is 0 Å². The Morgan fingerprint density at radius 3 is 2.00 bits per heavy atom. The monoisotopic (exact) mass is 397 g/mol. The van der Waals surface area contributed by atoms with E-state index in [0.717, 1.165) is 16.7 Å². The smallest absolute Gasteiger partial charge is 0.306 e. The maximum Gasteiger partial charge on any atom is 0.306 e. The molecule has 0 heterocycles. The van der Waals surface area contributed by atoms with Crippen LogP contribution in [-0.4, -0.2) is 34.1 Å².